The molecule has 50 valence electrons. The molecule has 1 N–H and O–H groups in total. The van der Waals surface area contributed by atoms with E-state index in [0.29, 0.717) is 0 Å². The molecule has 1 aliphatic heterocycles. The normalized spacial score (nSPS) is 23.5. The number of hydrogen-bond acceptors (Lipinski definition) is 3. The Bertz CT molecular complexity index is 108. The molecule has 5 heteroatoms. The lowest BCUT2D eigenvalue weighted by Crippen LogP contribution is -2.02. The summed E-state index contributed by atoms with van der Waals surface area (Å²) < 4.78 is 17.3. The van der Waals surface area contributed by atoms with Crippen molar-refractivity contribution in [2.45, 2.75) is 13.8 Å². The highest BCUT2D eigenvalue weighted by Crippen LogP contribution is 1.84. The zero-order valence-electron chi connectivity index (χ0n) is 4.75. The first-order valence-electron chi connectivity index (χ1n) is 2.27. The molecule has 4 nitrogen and oxygen atoms in total. The van der Waals surface area contributed by atoms with Gasteiger partial charge in [0.1, 0.15) is 6.34 Å². The van der Waals surface area contributed by atoms with Crippen molar-refractivity contribution < 1.29 is 9.92 Å². The van der Waals surface area contributed by atoms with Crippen molar-refractivity contribution >= 4 is 17.6 Å². The summed E-state index contributed by atoms with van der Waals surface area (Å²) in [6.45, 7) is 4.00. The molecule has 0 aromatic rings. The van der Waals surface area contributed by atoms with Crippen molar-refractivity contribution in [2.75, 3.05) is 0 Å². The third-order valence-electron chi connectivity index (χ3n) is 0.311. The molecule has 0 saturated carbocycles. The quantitative estimate of drug-likeness (QED) is 0.527. The van der Waals surface area contributed by atoms with Crippen LogP contribution < -0.4 is 5.48 Å². The van der Waals surface area contributed by atoms with Crippen LogP contribution in [0.2, 0.25) is 0 Å². The van der Waals surface area contributed by atoms with Crippen molar-refractivity contribution in [3.05, 3.63) is 0 Å². The Morgan fingerprint density at radius 2 is 2.50 bits per heavy atom. The molecular formula is C3H10N2O2S. The average Bonchev–Trinajstić information content (AvgIpc) is 2.24. The fourth-order valence-electron chi connectivity index (χ4n) is 0.149. The molecule has 0 radical (unpaired) electrons. The molecule has 0 bridgehead atoms. The van der Waals surface area contributed by atoms with E-state index in [4.69, 9.17) is 0 Å². The van der Waals surface area contributed by atoms with Gasteiger partial charge in [-0.05, 0) is 0 Å². The lowest BCUT2D eigenvalue weighted by Gasteiger charge is -1.77. The standard InChI is InChI=1S/C2H6.CH2N2O2S.H2/c1-2;4-6-3-1-2-5-6;/h1-2H3;1H,(H,2,3);1H. The lowest BCUT2D eigenvalue weighted by atomic mass is 11.0. The largest absolute Gasteiger partial charge is 0.308 e. The maximum absolute atomic E-state index is 9.87. The summed E-state index contributed by atoms with van der Waals surface area (Å²) in [6.07, 6.45) is 1.23. The van der Waals surface area contributed by atoms with Gasteiger partial charge in [-0.1, -0.05) is 13.8 Å². The van der Waals surface area contributed by atoms with Crippen molar-refractivity contribution in [1.29, 1.82) is 0 Å². The van der Waals surface area contributed by atoms with Gasteiger partial charge in [-0.2, -0.15) is 4.28 Å². The van der Waals surface area contributed by atoms with Gasteiger partial charge in [-0.3, -0.25) is 0 Å². The van der Waals surface area contributed by atoms with Crippen LogP contribution >= 0.6 is 0 Å². The van der Waals surface area contributed by atoms with Gasteiger partial charge in [-0.15, -0.1) is 4.40 Å². The van der Waals surface area contributed by atoms with E-state index in [1.165, 1.54) is 6.34 Å². The van der Waals surface area contributed by atoms with Gasteiger partial charge in [0.2, 0.25) is 0 Å². The van der Waals surface area contributed by atoms with Gasteiger partial charge in [0, 0.05) is 1.43 Å². The van der Waals surface area contributed by atoms with E-state index >= 15 is 0 Å². The summed E-state index contributed by atoms with van der Waals surface area (Å²) in [5.74, 6) is 0. The number of nitrogens with one attached hydrogen (secondary N) is 1. The molecule has 0 aromatic heterocycles. The van der Waals surface area contributed by atoms with Crippen LogP contribution in [0, 0.1) is 0 Å². The fourth-order valence-corrected chi connectivity index (χ4v) is 0.446. The smallest absolute Gasteiger partial charge is 0.238 e. The minimum Gasteiger partial charge on any atom is -0.238 e. The Kier molecular flexibility index (Phi) is 4.48. The van der Waals surface area contributed by atoms with Gasteiger partial charge in [0.15, 0.2) is 0 Å². The minimum absolute atomic E-state index is 0. The maximum Gasteiger partial charge on any atom is 0.308 e. The van der Waals surface area contributed by atoms with Crippen molar-refractivity contribution in [2.24, 2.45) is 4.40 Å². The second-order valence-electron chi connectivity index (χ2n) is 0.653. The summed E-state index contributed by atoms with van der Waals surface area (Å²) in [6, 6.07) is 0. The van der Waals surface area contributed by atoms with E-state index in [9.17, 15) is 4.21 Å². The molecule has 1 unspecified atom stereocenters. The van der Waals surface area contributed by atoms with Crippen LogP contribution in [0.25, 0.3) is 0 Å². The molecule has 0 aromatic carbocycles. The summed E-state index contributed by atoms with van der Waals surface area (Å²) in [4.78, 5) is 0. The third-order valence-corrected chi connectivity index (χ3v) is 0.827. The molecule has 0 fully saturated rings. The molecule has 1 atom stereocenters. The Morgan fingerprint density at radius 3 is 2.62 bits per heavy atom. The number of hydroxylamine groups is 1. The molecule has 8 heavy (non-hydrogen) atoms. The monoisotopic (exact) mass is 138 g/mol. The maximum atomic E-state index is 9.87. The predicted molar refractivity (Wildman–Crippen MR) is 34.3 cm³/mol. The van der Waals surface area contributed by atoms with E-state index in [1.807, 2.05) is 13.8 Å². The van der Waals surface area contributed by atoms with Crippen LogP contribution in [-0.2, 0) is 15.6 Å². The van der Waals surface area contributed by atoms with E-state index in [2.05, 4.69) is 14.2 Å². The van der Waals surface area contributed by atoms with Crippen LogP contribution in [-0.4, -0.2) is 10.5 Å². The third kappa shape index (κ3) is 2.70. The summed E-state index contributed by atoms with van der Waals surface area (Å²) in [5.41, 5.74) is 2.18. The van der Waals surface area contributed by atoms with Crippen LogP contribution in [0.1, 0.15) is 15.3 Å². The highest BCUT2D eigenvalue weighted by Gasteiger charge is 1.97. The van der Waals surface area contributed by atoms with E-state index in [-0.39, 0.29) is 1.43 Å². The van der Waals surface area contributed by atoms with Gasteiger partial charge in [-0.25, -0.2) is 9.69 Å². The Morgan fingerprint density at radius 1 is 1.88 bits per heavy atom. The zero-order chi connectivity index (χ0) is 6.41. The molecular weight excluding hydrogens is 128 g/mol. The fraction of sp³-hybridized carbons (Fsp3) is 0.667. The second kappa shape index (κ2) is 4.73. The first-order chi connectivity index (χ1) is 3.89. The van der Waals surface area contributed by atoms with Crippen LogP contribution in [0.4, 0.5) is 0 Å². The molecule has 0 amide bonds. The van der Waals surface area contributed by atoms with Gasteiger partial charge >= 0.3 is 11.3 Å². The van der Waals surface area contributed by atoms with Gasteiger partial charge in [0.05, 0.1) is 0 Å². The SMILES string of the molecule is CC.O=S1N=CNO1.[HH]. The van der Waals surface area contributed by atoms with E-state index in [1.54, 1.807) is 0 Å². The summed E-state index contributed by atoms with van der Waals surface area (Å²) >= 11 is -1.46. The topological polar surface area (TPSA) is 50.7 Å². The predicted octanol–water partition coefficient (Wildman–Crippen LogP) is 0.400. The van der Waals surface area contributed by atoms with Crippen LogP contribution in [0.3, 0.4) is 0 Å². The lowest BCUT2D eigenvalue weighted by molar-refractivity contribution is 0.310. The first kappa shape index (κ1) is 7.58. The molecule has 0 saturated heterocycles. The Labute approximate surface area is 52.2 Å². The minimum atomic E-state index is -1.46. The van der Waals surface area contributed by atoms with Gasteiger partial charge in [0.25, 0.3) is 0 Å². The number of nitrogens with zero attached hydrogens (tertiary/aromatic N) is 1. The van der Waals surface area contributed by atoms with Crippen molar-refractivity contribution in [3.8, 4) is 0 Å². The highest BCUT2D eigenvalue weighted by atomic mass is 32.2. The Balaban J connectivity index is 0. The second-order valence-corrected chi connectivity index (χ2v) is 1.46. The number of hydrogen-bond donors (Lipinski definition) is 1. The summed E-state index contributed by atoms with van der Waals surface area (Å²) in [7, 11) is 0. The first-order valence-corrected chi connectivity index (χ1v) is 3.30. The molecule has 1 heterocycles. The zero-order valence-corrected chi connectivity index (χ0v) is 5.57. The van der Waals surface area contributed by atoms with E-state index < -0.39 is 11.3 Å². The van der Waals surface area contributed by atoms with Crippen LogP contribution in [0.5, 0.6) is 0 Å². The van der Waals surface area contributed by atoms with Gasteiger partial charge < -0.3 is 0 Å². The van der Waals surface area contributed by atoms with Crippen LogP contribution in [0.15, 0.2) is 4.40 Å². The molecule has 1 aliphatic rings. The highest BCUT2D eigenvalue weighted by molar-refractivity contribution is 7.79. The van der Waals surface area contributed by atoms with E-state index in [0.717, 1.165) is 0 Å². The number of rotatable bonds is 0. The van der Waals surface area contributed by atoms with Crippen molar-refractivity contribution in [1.82, 2.24) is 5.48 Å². The van der Waals surface area contributed by atoms with Crippen molar-refractivity contribution in [3.63, 3.8) is 0 Å². The Hall–Kier alpha value is -0.420. The average molecular weight is 138 g/mol. The molecule has 1 rings (SSSR count). The summed E-state index contributed by atoms with van der Waals surface area (Å²) in [5, 5.41) is 0. The molecule has 0 aliphatic carbocycles. The molecule has 0 spiro atoms.